The van der Waals surface area contributed by atoms with Crippen molar-refractivity contribution in [3.8, 4) is 17.9 Å². The first-order valence-corrected chi connectivity index (χ1v) is 5.87. The van der Waals surface area contributed by atoms with Crippen LogP contribution in [0.2, 0.25) is 0 Å². The summed E-state index contributed by atoms with van der Waals surface area (Å²) >= 11 is 0. The van der Waals surface area contributed by atoms with Gasteiger partial charge in [-0.1, -0.05) is 54.3 Å². The highest BCUT2D eigenvalue weighted by atomic mass is 16.1. The predicted octanol–water partition coefficient (Wildman–Crippen LogP) is 3.18. The first-order chi connectivity index (χ1) is 9.33. The molecule has 0 atom stereocenters. The van der Waals surface area contributed by atoms with E-state index in [1.807, 2.05) is 36.4 Å². The van der Waals surface area contributed by atoms with Gasteiger partial charge in [-0.25, -0.2) is 0 Å². The maximum Gasteiger partial charge on any atom is 0.194 e. The van der Waals surface area contributed by atoms with Crippen molar-refractivity contribution in [2.75, 3.05) is 0 Å². The number of hydrogen-bond donors (Lipinski definition) is 0. The number of benzene rings is 2. The minimum Gasteiger partial charge on any atom is -0.289 e. The van der Waals surface area contributed by atoms with Gasteiger partial charge in [-0.05, 0) is 12.1 Å². The molecule has 0 spiro atoms. The van der Waals surface area contributed by atoms with Crippen LogP contribution in [-0.2, 0) is 0 Å². The Morgan fingerprint density at radius 2 is 1.68 bits per heavy atom. The molecule has 0 heterocycles. The topological polar surface area (TPSA) is 40.9 Å². The molecule has 0 aliphatic rings. The van der Waals surface area contributed by atoms with E-state index in [9.17, 15) is 4.79 Å². The third-order valence-corrected chi connectivity index (χ3v) is 2.60. The molecule has 0 N–H and O–H groups in total. The van der Waals surface area contributed by atoms with Gasteiger partial charge < -0.3 is 0 Å². The number of carbonyl (C=O) groups is 1. The van der Waals surface area contributed by atoms with Gasteiger partial charge in [-0.3, -0.25) is 4.79 Å². The van der Waals surface area contributed by atoms with Crippen LogP contribution in [-0.4, -0.2) is 5.78 Å². The van der Waals surface area contributed by atoms with Crippen molar-refractivity contribution in [3.63, 3.8) is 0 Å². The van der Waals surface area contributed by atoms with E-state index < -0.39 is 0 Å². The quantitative estimate of drug-likeness (QED) is 0.602. The minimum atomic E-state index is -0.0533. The number of ketones is 1. The molecule has 0 radical (unpaired) electrons. The molecule has 0 aliphatic carbocycles. The summed E-state index contributed by atoms with van der Waals surface area (Å²) < 4.78 is 0. The van der Waals surface area contributed by atoms with E-state index >= 15 is 0 Å². The Morgan fingerprint density at radius 3 is 2.42 bits per heavy atom. The van der Waals surface area contributed by atoms with Crippen LogP contribution in [0.25, 0.3) is 0 Å². The first-order valence-electron chi connectivity index (χ1n) is 5.87. The van der Waals surface area contributed by atoms with Gasteiger partial charge in [0.2, 0.25) is 0 Å². The van der Waals surface area contributed by atoms with Gasteiger partial charge in [0.25, 0.3) is 0 Å². The summed E-state index contributed by atoms with van der Waals surface area (Å²) in [5.74, 6) is 5.55. The predicted molar refractivity (Wildman–Crippen MR) is 73.4 cm³/mol. The van der Waals surface area contributed by atoms with Crippen LogP contribution in [0.5, 0.6) is 0 Å². The summed E-state index contributed by atoms with van der Waals surface area (Å²) in [6, 6.07) is 18.2. The van der Waals surface area contributed by atoms with Gasteiger partial charge >= 0.3 is 0 Å². The van der Waals surface area contributed by atoms with Gasteiger partial charge in [0, 0.05) is 16.7 Å². The third-order valence-electron chi connectivity index (χ3n) is 2.60. The van der Waals surface area contributed by atoms with Crippen molar-refractivity contribution in [3.05, 3.63) is 71.3 Å². The molecule has 2 rings (SSSR count). The van der Waals surface area contributed by atoms with E-state index in [1.54, 1.807) is 24.3 Å². The van der Waals surface area contributed by atoms with Crippen LogP contribution in [0.15, 0.2) is 54.6 Å². The Balaban J connectivity index is 2.39. The van der Waals surface area contributed by atoms with E-state index in [0.29, 0.717) is 16.7 Å². The van der Waals surface area contributed by atoms with E-state index in [-0.39, 0.29) is 12.2 Å². The van der Waals surface area contributed by atoms with Crippen LogP contribution in [0, 0.1) is 23.2 Å². The Kier molecular flexibility index (Phi) is 4.11. The fourth-order valence-electron chi connectivity index (χ4n) is 1.71. The molecule has 0 saturated heterocycles. The third kappa shape index (κ3) is 3.09. The molecule has 2 aromatic carbocycles. The molecule has 0 bridgehead atoms. The summed E-state index contributed by atoms with van der Waals surface area (Å²) in [7, 11) is 0. The van der Waals surface area contributed by atoms with E-state index in [2.05, 4.69) is 11.8 Å². The lowest BCUT2D eigenvalue weighted by Gasteiger charge is -2.03. The fourth-order valence-corrected chi connectivity index (χ4v) is 1.71. The van der Waals surface area contributed by atoms with Crippen LogP contribution < -0.4 is 0 Å². The maximum atomic E-state index is 12.4. The molecule has 0 aromatic heterocycles. The van der Waals surface area contributed by atoms with Crippen molar-refractivity contribution in [1.82, 2.24) is 0 Å². The van der Waals surface area contributed by atoms with Crippen LogP contribution in [0.3, 0.4) is 0 Å². The normalized spacial score (nSPS) is 9.00. The standard InChI is InChI=1S/C17H11NO/c18-13-7-6-9-14-8-4-5-12-16(14)17(19)15-10-2-1-3-11-15/h1-5,8,10-12H,7H2. The second-order valence-electron chi connectivity index (χ2n) is 3.88. The Bertz CT molecular complexity index is 684. The lowest BCUT2D eigenvalue weighted by Crippen LogP contribution is -2.03. The molecule has 0 fully saturated rings. The largest absolute Gasteiger partial charge is 0.289 e. The molecule has 0 amide bonds. The summed E-state index contributed by atoms with van der Waals surface area (Å²) in [6.07, 6.45) is 0.161. The second-order valence-corrected chi connectivity index (χ2v) is 3.88. The molecule has 2 heteroatoms. The summed E-state index contributed by atoms with van der Waals surface area (Å²) in [5, 5.41) is 8.48. The number of nitrogens with zero attached hydrogens (tertiary/aromatic N) is 1. The Morgan fingerprint density at radius 1 is 1.00 bits per heavy atom. The van der Waals surface area contributed by atoms with E-state index in [1.165, 1.54) is 0 Å². The van der Waals surface area contributed by atoms with Crippen molar-refractivity contribution >= 4 is 5.78 Å². The molecule has 2 aromatic rings. The van der Waals surface area contributed by atoms with Crippen molar-refractivity contribution in [2.24, 2.45) is 0 Å². The Labute approximate surface area is 112 Å². The number of nitriles is 1. The van der Waals surface area contributed by atoms with E-state index in [4.69, 9.17) is 5.26 Å². The maximum absolute atomic E-state index is 12.4. The molecular weight excluding hydrogens is 234 g/mol. The Hall–Kier alpha value is -2.84. The zero-order chi connectivity index (χ0) is 13.5. The van der Waals surface area contributed by atoms with Crippen LogP contribution in [0.1, 0.15) is 27.9 Å². The molecule has 90 valence electrons. The van der Waals surface area contributed by atoms with Gasteiger partial charge in [0.15, 0.2) is 5.78 Å². The number of hydrogen-bond acceptors (Lipinski definition) is 2. The average molecular weight is 245 g/mol. The van der Waals surface area contributed by atoms with Crippen molar-refractivity contribution in [2.45, 2.75) is 6.42 Å². The zero-order valence-electron chi connectivity index (χ0n) is 10.3. The highest BCUT2D eigenvalue weighted by Gasteiger charge is 2.11. The van der Waals surface area contributed by atoms with Gasteiger partial charge in [-0.2, -0.15) is 5.26 Å². The second kappa shape index (κ2) is 6.19. The van der Waals surface area contributed by atoms with E-state index in [0.717, 1.165) is 0 Å². The molecular formula is C17H11NO. The summed E-state index contributed by atoms with van der Waals surface area (Å²) in [4.78, 5) is 12.4. The highest BCUT2D eigenvalue weighted by Crippen LogP contribution is 2.13. The number of carbonyl (C=O) groups excluding carboxylic acids is 1. The lowest BCUT2D eigenvalue weighted by molar-refractivity contribution is 0.103. The van der Waals surface area contributed by atoms with Crippen LogP contribution >= 0.6 is 0 Å². The van der Waals surface area contributed by atoms with Gasteiger partial charge in [0.05, 0.1) is 12.5 Å². The molecule has 2 nitrogen and oxygen atoms in total. The summed E-state index contributed by atoms with van der Waals surface area (Å²) in [6.45, 7) is 0. The number of rotatable bonds is 2. The first kappa shape index (κ1) is 12.6. The lowest BCUT2D eigenvalue weighted by atomic mass is 9.98. The van der Waals surface area contributed by atoms with Crippen LogP contribution in [0.4, 0.5) is 0 Å². The molecule has 0 saturated carbocycles. The SMILES string of the molecule is N#CCC#Cc1ccccc1C(=O)c1ccccc1. The van der Waals surface area contributed by atoms with Gasteiger partial charge in [0.1, 0.15) is 0 Å². The minimum absolute atomic E-state index is 0.0533. The molecule has 0 aliphatic heterocycles. The average Bonchev–Trinajstić information content (AvgIpc) is 2.48. The fraction of sp³-hybridized carbons (Fsp3) is 0.0588. The smallest absolute Gasteiger partial charge is 0.194 e. The molecule has 19 heavy (non-hydrogen) atoms. The molecule has 0 unspecified atom stereocenters. The van der Waals surface area contributed by atoms with Crippen molar-refractivity contribution in [1.29, 1.82) is 5.26 Å². The highest BCUT2D eigenvalue weighted by molar-refractivity contribution is 6.10. The van der Waals surface area contributed by atoms with Gasteiger partial charge in [-0.15, -0.1) is 0 Å². The van der Waals surface area contributed by atoms with Crippen molar-refractivity contribution < 1.29 is 4.79 Å². The monoisotopic (exact) mass is 245 g/mol. The zero-order valence-corrected chi connectivity index (χ0v) is 10.3. The summed E-state index contributed by atoms with van der Waals surface area (Å²) in [5.41, 5.74) is 1.86.